The Kier molecular flexibility index (Phi) is 7.30. The minimum atomic E-state index is -1.34. The number of aliphatic hydroxyl groups excluding tert-OH is 1. The average Bonchev–Trinajstić information content (AvgIpc) is 3.11. The topological polar surface area (TPSA) is 89.3 Å². The number of nitrogens with zero attached hydrogens (tertiary/aromatic N) is 3. The first-order chi connectivity index (χ1) is 14.4. The lowest BCUT2D eigenvalue weighted by molar-refractivity contribution is 0.185. The lowest BCUT2D eigenvalue weighted by atomic mass is 10.1. The molecule has 30 heavy (non-hydrogen) atoms. The van der Waals surface area contributed by atoms with E-state index in [0.717, 1.165) is 11.3 Å². The molecule has 0 bridgehead atoms. The summed E-state index contributed by atoms with van der Waals surface area (Å²) in [6.07, 6.45) is 2.71. The van der Waals surface area contributed by atoms with E-state index in [1.54, 1.807) is 38.6 Å². The molecule has 0 spiro atoms. The van der Waals surface area contributed by atoms with Gasteiger partial charge in [0.1, 0.15) is 11.6 Å². The molecule has 0 aliphatic heterocycles. The number of hydrogen-bond acceptors (Lipinski definition) is 6. The molecule has 9 heteroatoms. The van der Waals surface area contributed by atoms with Crippen LogP contribution in [0.15, 0.2) is 47.8 Å². The van der Waals surface area contributed by atoms with Crippen LogP contribution in [0.3, 0.4) is 0 Å². The van der Waals surface area contributed by atoms with Gasteiger partial charge in [-0.15, -0.1) is 0 Å². The van der Waals surface area contributed by atoms with E-state index >= 15 is 0 Å². The Morgan fingerprint density at radius 1 is 1.27 bits per heavy atom. The number of methoxy groups -OCH3 is 1. The van der Waals surface area contributed by atoms with Gasteiger partial charge in [0, 0.05) is 43.8 Å². The molecule has 0 amide bonds. The number of pyridine rings is 1. The number of nitrogens with one attached hydrogen (secondary N) is 1. The van der Waals surface area contributed by atoms with Gasteiger partial charge in [0.25, 0.3) is 0 Å². The predicted molar refractivity (Wildman–Crippen MR) is 115 cm³/mol. The predicted octanol–water partition coefficient (Wildman–Crippen LogP) is 2.93. The van der Waals surface area contributed by atoms with E-state index in [4.69, 9.17) is 4.74 Å². The van der Waals surface area contributed by atoms with Gasteiger partial charge in [0.15, 0.2) is 5.16 Å². The number of benzene rings is 1. The number of ether oxygens (including phenoxy) is 1. The van der Waals surface area contributed by atoms with Crippen LogP contribution in [-0.4, -0.2) is 56.5 Å². The second kappa shape index (κ2) is 9.92. The number of halogens is 1. The lowest BCUT2D eigenvalue weighted by Crippen LogP contribution is -2.16. The molecule has 2 heterocycles. The van der Waals surface area contributed by atoms with Crippen molar-refractivity contribution in [2.24, 2.45) is 0 Å². The zero-order chi connectivity index (χ0) is 21.7. The van der Waals surface area contributed by atoms with Crippen molar-refractivity contribution in [3.05, 3.63) is 48.4 Å². The van der Waals surface area contributed by atoms with E-state index in [0.29, 0.717) is 41.9 Å². The van der Waals surface area contributed by atoms with Crippen LogP contribution in [0.25, 0.3) is 22.5 Å². The number of aliphatic hydroxyl groups is 1. The zero-order valence-corrected chi connectivity index (χ0v) is 17.9. The molecule has 2 atom stereocenters. The molecule has 2 aromatic heterocycles. The quantitative estimate of drug-likeness (QED) is 0.541. The molecule has 3 rings (SSSR count). The van der Waals surface area contributed by atoms with E-state index in [9.17, 15) is 13.7 Å². The maximum atomic E-state index is 13.5. The van der Waals surface area contributed by atoms with Crippen LogP contribution in [0.2, 0.25) is 0 Å². The highest BCUT2D eigenvalue weighted by Gasteiger charge is 2.22. The minimum Gasteiger partial charge on any atom is -0.392 e. The van der Waals surface area contributed by atoms with Crippen molar-refractivity contribution in [2.75, 3.05) is 31.8 Å². The van der Waals surface area contributed by atoms with Crippen LogP contribution in [0.5, 0.6) is 0 Å². The molecule has 0 fully saturated rings. The smallest absolute Gasteiger partial charge is 0.199 e. The number of anilines is 1. The fourth-order valence-corrected chi connectivity index (χ4v) is 3.78. The summed E-state index contributed by atoms with van der Waals surface area (Å²) in [4.78, 5) is 8.95. The summed E-state index contributed by atoms with van der Waals surface area (Å²) in [6.45, 7) is 2.91. The highest BCUT2D eigenvalue weighted by molar-refractivity contribution is 7.84. The minimum absolute atomic E-state index is 0.341. The number of imidazole rings is 1. The summed E-state index contributed by atoms with van der Waals surface area (Å²) in [6, 6.07) is 9.73. The molecule has 0 radical (unpaired) electrons. The Balaban J connectivity index is 2.18. The van der Waals surface area contributed by atoms with E-state index < -0.39 is 16.9 Å². The van der Waals surface area contributed by atoms with Crippen molar-refractivity contribution in [1.29, 1.82) is 0 Å². The standard InChI is InChI=1S/C21H25FN4O3S/c1-14(27)13-24-18-12-16(8-9-23-18)20-19(15-4-6-17(22)7-5-15)25-21(30(3)28)26(20)10-11-29-2/h4-9,12,14,27H,10-11,13H2,1-3H3,(H,23,24). The molecule has 0 saturated carbocycles. The largest absolute Gasteiger partial charge is 0.392 e. The summed E-state index contributed by atoms with van der Waals surface area (Å²) in [5.74, 6) is 0.254. The Morgan fingerprint density at radius 3 is 2.63 bits per heavy atom. The number of hydrogen-bond donors (Lipinski definition) is 2. The first-order valence-electron chi connectivity index (χ1n) is 9.48. The van der Waals surface area contributed by atoms with Gasteiger partial charge in [-0.3, -0.25) is 4.21 Å². The third-order valence-electron chi connectivity index (χ3n) is 4.44. The molecule has 160 valence electrons. The van der Waals surface area contributed by atoms with Gasteiger partial charge in [-0.25, -0.2) is 14.4 Å². The fraction of sp³-hybridized carbons (Fsp3) is 0.333. The molecule has 0 aliphatic carbocycles. The van der Waals surface area contributed by atoms with Crippen molar-refractivity contribution in [3.8, 4) is 22.5 Å². The first kappa shape index (κ1) is 22.1. The van der Waals surface area contributed by atoms with Crippen LogP contribution in [0, 0.1) is 5.82 Å². The zero-order valence-electron chi connectivity index (χ0n) is 17.1. The molecular formula is C21H25FN4O3S. The molecule has 2 unspecified atom stereocenters. The van der Waals surface area contributed by atoms with Crippen LogP contribution < -0.4 is 5.32 Å². The van der Waals surface area contributed by atoms with Gasteiger partial charge in [-0.1, -0.05) is 0 Å². The summed E-state index contributed by atoms with van der Waals surface area (Å²) < 4.78 is 33.0. The monoisotopic (exact) mass is 432 g/mol. The van der Waals surface area contributed by atoms with Crippen molar-refractivity contribution < 1.29 is 18.4 Å². The third-order valence-corrected chi connectivity index (χ3v) is 5.26. The van der Waals surface area contributed by atoms with Crippen molar-refractivity contribution in [3.63, 3.8) is 0 Å². The Labute approximate surface area is 177 Å². The fourth-order valence-electron chi connectivity index (χ4n) is 3.07. The maximum absolute atomic E-state index is 13.5. The second-order valence-electron chi connectivity index (χ2n) is 6.86. The van der Waals surface area contributed by atoms with E-state index in [1.165, 1.54) is 12.1 Å². The van der Waals surface area contributed by atoms with E-state index in [1.807, 2.05) is 16.7 Å². The van der Waals surface area contributed by atoms with Gasteiger partial charge in [-0.05, 0) is 43.3 Å². The lowest BCUT2D eigenvalue weighted by Gasteiger charge is -2.13. The van der Waals surface area contributed by atoms with Gasteiger partial charge in [0.05, 0.1) is 34.9 Å². The van der Waals surface area contributed by atoms with Gasteiger partial charge in [0.2, 0.25) is 0 Å². The normalized spacial score (nSPS) is 13.2. The van der Waals surface area contributed by atoms with Crippen molar-refractivity contribution >= 4 is 16.6 Å². The summed E-state index contributed by atoms with van der Waals surface area (Å²) in [5.41, 5.74) is 2.86. The number of rotatable bonds is 9. The van der Waals surface area contributed by atoms with Gasteiger partial charge < -0.3 is 19.7 Å². The molecule has 3 aromatic rings. The van der Waals surface area contributed by atoms with E-state index in [-0.39, 0.29) is 5.82 Å². The van der Waals surface area contributed by atoms with Crippen molar-refractivity contribution in [2.45, 2.75) is 24.7 Å². The molecular weight excluding hydrogens is 407 g/mol. The Morgan fingerprint density at radius 2 is 2.00 bits per heavy atom. The molecule has 0 aliphatic rings. The van der Waals surface area contributed by atoms with Crippen LogP contribution >= 0.6 is 0 Å². The Hall–Kier alpha value is -2.62. The summed E-state index contributed by atoms with van der Waals surface area (Å²) >= 11 is 0. The summed E-state index contributed by atoms with van der Waals surface area (Å²) in [7, 11) is 0.259. The maximum Gasteiger partial charge on any atom is 0.199 e. The highest BCUT2D eigenvalue weighted by Crippen LogP contribution is 2.34. The van der Waals surface area contributed by atoms with Crippen LogP contribution in [0.1, 0.15) is 6.92 Å². The Bertz CT molecular complexity index is 1020. The summed E-state index contributed by atoms with van der Waals surface area (Å²) in [5, 5.41) is 13.0. The molecule has 7 nitrogen and oxygen atoms in total. The molecule has 1 aromatic carbocycles. The van der Waals surface area contributed by atoms with Crippen LogP contribution in [0.4, 0.5) is 10.2 Å². The van der Waals surface area contributed by atoms with Crippen molar-refractivity contribution in [1.82, 2.24) is 14.5 Å². The second-order valence-corrected chi connectivity index (χ2v) is 8.13. The van der Waals surface area contributed by atoms with Crippen LogP contribution in [-0.2, 0) is 22.1 Å². The SMILES string of the molecule is COCCn1c(S(C)=O)nc(-c2ccc(F)cc2)c1-c1ccnc(NCC(C)O)c1. The first-order valence-corrected chi connectivity index (χ1v) is 11.0. The van der Waals surface area contributed by atoms with Gasteiger partial charge >= 0.3 is 0 Å². The molecule has 2 N–H and O–H groups in total. The highest BCUT2D eigenvalue weighted by atomic mass is 32.2. The van der Waals surface area contributed by atoms with E-state index in [2.05, 4.69) is 15.3 Å². The third kappa shape index (κ3) is 5.10. The number of aromatic nitrogens is 3. The average molecular weight is 433 g/mol. The molecule has 0 saturated heterocycles. The van der Waals surface area contributed by atoms with Gasteiger partial charge in [-0.2, -0.15) is 0 Å².